The van der Waals surface area contributed by atoms with E-state index in [1.54, 1.807) is 18.8 Å². The lowest BCUT2D eigenvalue weighted by molar-refractivity contribution is -0.132. The van der Waals surface area contributed by atoms with Gasteiger partial charge in [-0.15, -0.1) is 12.4 Å². The average molecular weight is 381 g/mol. The molecule has 0 fully saturated rings. The monoisotopic (exact) mass is 380 g/mol. The molecule has 0 spiro atoms. The number of carbonyl (C=O) groups excluding carboxylic acids is 1. The van der Waals surface area contributed by atoms with Crippen molar-refractivity contribution in [3.05, 3.63) is 11.7 Å². The third-order valence-corrected chi connectivity index (χ3v) is 3.87. The fourth-order valence-electron chi connectivity index (χ4n) is 1.84. The summed E-state index contributed by atoms with van der Waals surface area (Å²) in [6.07, 6.45) is 2.41. The van der Waals surface area contributed by atoms with Crippen molar-refractivity contribution < 1.29 is 14.1 Å². The molecule has 0 aromatic carbocycles. The molecule has 1 heterocycles. The number of halogens is 1. The summed E-state index contributed by atoms with van der Waals surface area (Å²) in [6.45, 7) is 6.91. The van der Waals surface area contributed by atoms with E-state index >= 15 is 0 Å². The van der Waals surface area contributed by atoms with Crippen LogP contribution in [0.15, 0.2) is 4.52 Å². The average Bonchev–Trinajstić information content (AvgIpc) is 2.97. The van der Waals surface area contributed by atoms with Gasteiger partial charge in [0.05, 0.1) is 12.6 Å². The summed E-state index contributed by atoms with van der Waals surface area (Å²) in [5.74, 6) is 2.05. The van der Waals surface area contributed by atoms with Gasteiger partial charge in [-0.05, 0) is 31.3 Å². The Morgan fingerprint density at radius 3 is 2.67 bits per heavy atom. The van der Waals surface area contributed by atoms with Crippen LogP contribution in [0.25, 0.3) is 0 Å². The molecule has 0 aliphatic rings. The SMILES string of the molecule is CSCC[C@H](N)C(=O)N(C)Cc1nc(C(C)OCC(C)C)no1.Cl. The van der Waals surface area contributed by atoms with E-state index < -0.39 is 6.04 Å². The first-order chi connectivity index (χ1) is 10.8. The molecule has 7 nitrogen and oxygen atoms in total. The number of likely N-dealkylation sites (N-methyl/N-ethyl adjacent to an activating group) is 1. The Morgan fingerprint density at radius 1 is 1.42 bits per heavy atom. The predicted octanol–water partition coefficient (Wildman–Crippen LogP) is 2.26. The van der Waals surface area contributed by atoms with Gasteiger partial charge in [0, 0.05) is 13.7 Å². The third-order valence-electron chi connectivity index (χ3n) is 3.23. The van der Waals surface area contributed by atoms with E-state index in [4.69, 9.17) is 15.0 Å². The van der Waals surface area contributed by atoms with Crippen molar-refractivity contribution in [1.82, 2.24) is 15.0 Å². The van der Waals surface area contributed by atoms with Crippen LogP contribution in [-0.2, 0) is 16.1 Å². The zero-order chi connectivity index (χ0) is 17.4. The zero-order valence-electron chi connectivity index (χ0n) is 15.0. The van der Waals surface area contributed by atoms with Crippen molar-refractivity contribution in [3.8, 4) is 0 Å². The summed E-state index contributed by atoms with van der Waals surface area (Å²) in [5, 5.41) is 3.92. The Balaban J connectivity index is 0.00000529. The summed E-state index contributed by atoms with van der Waals surface area (Å²) < 4.78 is 10.8. The number of amides is 1. The molecule has 0 saturated heterocycles. The predicted molar refractivity (Wildman–Crippen MR) is 98.2 cm³/mol. The smallest absolute Gasteiger partial charge is 0.246 e. The third kappa shape index (κ3) is 7.83. The Kier molecular flexibility index (Phi) is 11.3. The Bertz CT molecular complexity index is 487. The van der Waals surface area contributed by atoms with Gasteiger partial charge in [0.15, 0.2) is 5.82 Å². The normalized spacial score (nSPS) is 13.5. The Morgan fingerprint density at radius 2 is 2.08 bits per heavy atom. The largest absolute Gasteiger partial charge is 0.370 e. The van der Waals surface area contributed by atoms with Gasteiger partial charge in [-0.25, -0.2) is 0 Å². The maximum absolute atomic E-state index is 12.1. The van der Waals surface area contributed by atoms with Gasteiger partial charge < -0.3 is 19.9 Å². The van der Waals surface area contributed by atoms with Crippen molar-refractivity contribution in [2.75, 3.05) is 25.7 Å². The van der Waals surface area contributed by atoms with Crippen LogP contribution < -0.4 is 5.73 Å². The molecular formula is C15H29ClN4O3S. The van der Waals surface area contributed by atoms with Gasteiger partial charge in [0.25, 0.3) is 0 Å². The fourth-order valence-corrected chi connectivity index (χ4v) is 2.33. The van der Waals surface area contributed by atoms with E-state index in [0.29, 0.717) is 30.7 Å². The van der Waals surface area contributed by atoms with Crippen LogP contribution in [-0.4, -0.2) is 52.7 Å². The summed E-state index contributed by atoms with van der Waals surface area (Å²) in [6, 6.07) is -0.497. The standard InChI is InChI=1S/C15H28N4O3S.ClH/c1-10(2)9-21-11(3)14-17-13(22-18-14)8-19(4)15(20)12(16)6-7-23-5;/h10-12H,6-9,16H2,1-5H3;1H/t11?,12-;/m0./s1. The second-order valence-corrected chi connectivity index (χ2v) is 6.98. The van der Waals surface area contributed by atoms with Crippen LogP contribution in [0.3, 0.4) is 0 Å². The summed E-state index contributed by atoms with van der Waals surface area (Å²) in [5.41, 5.74) is 5.89. The molecular weight excluding hydrogens is 352 g/mol. The molecule has 1 amide bonds. The first kappa shape index (κ1) is 23.2. The van der Waals surface area contributed by atoms with Crippen molar-refractivity contribution in [3.63, 3.8) is 0 Å². The molecule has 0 aliphatic carbocycles. The van der Waals surface area contributed by atoms with Gasteiger partial charge in [-0.1, -0.05) is 19.0 Å². The lowest BCUT2D eigenvalue weighted by Crippen LogP contribution is -2.41. The molecule has 2 atom stereocenters. The number of aromatic nitrogens is 2. The molecule has 0 aliphatic heterocycles. The van der Waals surface area contributed by atoms with Crippen LogP contribution in [0.2, 0.25) is 0 Å². The van der Waals surface area contributed by atoms with Crippen molar-refractivity contribution in [1.29, 1.82) is 0 Å². The Labute approximate surface area is 154 Å². The molecule has 0 bridgehead atoms. The fraction of sp³-hybridized carbons (Fsp3) is 0.800. The second kappa shape index (κ2) is 11.7. The Hall–Kier alpha value is -0.830. The topological polar surface area (TPSA) is 94.5 Å². The molecule has 9 heteroatoms. The van der Waals surface area contributed by atoms with Gasteiger partial charge in [0.1, 0.15) is 6.10 Å². The van der Waals surface area contributed by atoms with Crippen LogP contribution >= 0.6 is 24.2 Å². The minimum atomic E-state index is -0.497. The second-order valence-electron chi connectivity index (χ2n) is 6.00. The summed E-state index contributed by atoms with van der Waals surface area (Å²) >= 11 is 1.67. The molecule has 24 heavy (non-hydrogen) atoms. The minimum absolute atomic E-state index is 0. The van der Waals surface area contributed by atoms with E-state index in [0.717, 1.165) is 5.75 Å². The van der Waals surface area contributed by atoms with E-state index in [-0.39, 0.29) is 31.0 Å². The molecule has 1 unspecified atom stereocenters. The van der Waals surface area contributed by atoms with Crippen molar-refractivity contribution in [2.24, 2.45) is 11.7 Å². The van der Waals surface area contributed by atoms with Crippen molar-refractivity contribution >= 4 is 30.1 Å². The number of nitrogens with two attached hydrogens (primary N) is 1. The number of carbonyl (C=O) groups is 1. The summed E-state index contributed by atoms with van der Waals surface area (Å²) in [7, 11) is 1.68. The van der Waals surface area contributed by atoms with Gasteiger partial charge in [0.2, 0.25) is 11.8 Å². The molecule has 1 rings (SSSR count). The van der Waals surface area contributed by atoms with Gasteiger partial charge in [-0.2, -0.15) is 16.7 Å². The van der Waals surface area contributed by atoms with Gasteiger partial charge in [-0.3, -0.25) is 4.79 Å². The van der Waals surface area contributed by atoms with Crippen LogP contribution in [0, 0.1) is 5.92 Å². The lowest BCUT2D eigenvalue weighted by Gasteiger charge is -2.19. The van der Waals surface area contributed by atoms with Crippen LogP contribution in [0.1, 0.15) is 45.0 Å². The highest BCUT2D eigenvalue weighted by atomic mass is 35.5. The number of rotatable bonds is 10. The molecule has 0 saturated carbocycles. The number of thioether (sulfide) groups is 1. The van der Waals surface area contributed by atoms with Crippen LogP contribution in [0.5, 0.6) is 0 Å². The number of nitrogens with zero attached hydrogens (tertiary/aromatic N) is 3. The van der Waals surface area contributed by atoms with E-state index in [2.05, 4.69) is 24.0 Å². The molecule has 1 aromatic rings. The van der Waals surface area contributed by atoms with E-state index in [9.17, 15) is 4.79 Å². The number of hydrogen-bond donors (Lipinski definition) is 1. The molecule has 2 N–H and O–H groups in total. The number of ether oxygens (including phenoxy) is 1. The van der Waals surface area contributed by atoms with E-state index in [1.165, 1.54) is 4.90 Å². The highest BCUT2D eigenvalue weighted by Crippen LogP contribution is 2.15. The first-order valence-corrected chi connectivity index (χ1v) is 9.18. The molecule has 1 aromatic heterocycles. The van der Waals surface area contributed by atoms with E-state index in [1.807, 2.05) is 13.2 Å². The van der Waals surface area contributed by atoms with Gasteiger partial charge >= 0.3 is 0 Å². The number of hydrogen-bond acceptors (Lipinski definition) is 7. The maximum atomic E-state index is 12.1. The minimum Gasteiger partial charge on any atom is -0.370 e. The van der Waals surface area contributed by atoms with Crippen LogP contribution in [0.4, 0.5) is 0 Å². The maximum Gasteiger partial charge on any atom is 0.246 e. The zero-order valence-corrected chi connectivity index (χ0v) is 16.7. The quantitative estimate of drug-likeness (QED) is 0.665. The molecule has 140 valence electrons. The molecule has 0 radical (unpaired) electrons. The lowest BCUT2D eigenvalue weighted by atomic mass is 10.2. The first-order valence-electron chi connectivity index (χ1n) is 7.78. The highest BCUT2D eigenvalue weighted by Gasteiger charge is 2.21. The van der Waals surface area contributed by atoms with Crippen molar-refractivity contribution in [2.45, 2.75) is 45.9 Å². The highest BCUT2D eigenvalue weighted by molar-refractivity contribution is 7.98. The summed E-state index contributed by atoms with van der Waals surface area (Å²) in [4.78, 5) is 18.0.